The highest BCUT2D eigenvalue weighted by atomic mass is 28.4. The minimum Gasteiger partial charge on any atom is -0.314 e. The maximum atomic E-state index is 13.1. The monoisotopic (exact) mass is 198 g/mol. The predicted molar refractivity (Wildman–Crippen MR) is 52.0 cm³/mol. The van der Waals surface area contributed by atoms with Crippen molar-refractivity contribution < 1.29 is 4.11 Å². The van der Waals surface area contributed by atoms with E-state index in [0.717, 1.165) is 0 Å². The SMILES string of the molecule is CC(C#N)(C#N)CCC[Si](C)(C)F. The van der Waals surface area contributed by atoms with Crippen LogP contribution >= 0.6 is 0 Å². The van der Waals surface area contributed by atoms with Gasteiger partial charge in [0.05, 0.1) is 12.1 Å². The molecule has 0 aromatic rings. The van der Waals surface area contributed by atoms with Gasteiger partial charge in [-0.15, -0.1) is 0 Å². The summed E-state index contributed by atoms with van der Waals surface area (Å²) in [5, 5.41) is 17.3. The van der Waals surface area contributed by atoms with Gasteiger partial charge in [-0.3, -0.25) is 0 Å². The molecule has 2 nitrogen and oxygen atoms in total. The molecule has 0 bridgehead atoms. The Balaban J connectivity index is 3.93. The molecule has 0 aliphatic rings. The number of nitrogens with zero attached hydrogens (tertiary/aromatic N) is 2. The van der Waals surface area contributed by atoms with Gasteiger partial charge in [-0.25, -0.2) is 0 Å². The van der Waals surface area contributed by atoms with Gasteiger partial charge in [-0.1, -0.05) is 6.42 Å². The standard InChI is InChI=1S/C9H15FN2Si/c1-9(7-11,8-12)5-4-6-13(2,3)10/h4-6H2,1-3H3. The molecule has 0 amide bonds. The summed E-state index contributed by atoms with van der Waals surface area (Å²) in [5.41, 5.74) is -0.931. The second-order valence-corrected chi connectivity index (χ2v) is 8.07. The quantitative estimate of drug-likeness (QED) is 0.515. The van der Waals surface area contributed by atoms with E-state index < -0.39 is 13.8 Å². The molecule has 0 radical (unpaired) electrons. The van der Waals surface area contributed by atoms with Crippen LogP contribution in [0.15, 0.2) is 0 Å². The van der Waals surface area contributed by atoms with Gasteiger partial charge in [0.1, 0.15) is 5.41 Å². The summed E-state index contributed by atoms with van der Waals surface area (Å²) in [7, 11) is -2.50. The van der Waals surface area contributed by atoms with Gasteiger partial charge < -0.3 is 4.11 Å². The topological polar surface area (TPSA) is 47.6 Å². The summed E-state index contributed by atoms with van der Waals surface area (Å²) in [4.78, 5) is 0. The highest BCUT2D eigenvalue weighted by molar-refractivity contribution is 6.70. The summed E-state index contributed by atoms with van der Waals surface area (Å²) >= 11 is 0. The smallest absolute Gasteiger partial charge is 0.240 e. The van der Waals surface area contributed by atoms with Crippen LogP contribution in [0.4, 0.5) is 4.11 Å². The Kier molecular flexibility index (Phi) is 4.09. The van der Waals surface area contributed by atoms with E-state index in [9.17, 15) is 4.11 Å². The molecule has 0 aromatic carbocycles. The summed E-state index contributed by atoms with van der Waals surface area (Å²) < 4.78 is 13.1. The lowest BCUT2D eigenvalue weighted by atomic mass is 9.89. The number of hydrogen-bond donors (Lipinski definition) is 0. The van der Waals surface area contributed by atoms with Crippen molar-refractivity contribution in [3.05, 3.63) is 0 Å². The van der Waals surface area contributed by atoms with E-state index in [4.69, 9.17) is 10.5 Å². The maximum Gasteiger partial charge on any atom is 0.240 e. The fourth-order valence-corrected chi connectivity index (χ4v) is 2.02. The van der Waals surface area contributed by atoms with Crippen LogP contribution in [-0.2, 0) is 0 Å². The first-order chi connectivity index (χ1) is 5.83. The minimum atomic E-state index is -2.50. The van der Waals surface area contributed by atoms with Gasteiger partial charge in [0.2, 0.25) is 8.41 Å². The Morgan fingerprint density at radius 3 is 2.08 bits per heavy atom. The average Bonchev–Trinajstić information content (AvgIpc) is 2.02. The van der Waals surface area contributed by atoms with Crippen molar-refractivity contribution in [1.29, 1.82) is 10.5 Å². The summed E-state index contributed by atoms with van der Waals surface area (Å²) in [6.45, 7) is 4.88. The van der Waals surface area contributed by atoms with Crippen molar-refractivity contribution in [2.75, 3.05) is 0 Å². The molecule has 0 aromatic heterocycles. The number of nitriles is 2. The minimum absolute atomic E-state index is 0.473. The molecule has 0 saturated carbocycles. The van der Waals surface area contributed by atoms with Gasteiger partial charge >= 0.3 is 0 Å². The lowest BCUT2D eigenvalue weighted by molar-refractivity contribution is 0.514. The molecule has 0 rings (SSSR count). The van der Waals surface area contributed by atoms with Crippen LogP contribution in [0.25, 0.3) is 0 Å². The van der Waals surface area contributed by atoms with E-state index in [1.54, 1.807) is 20.0 Å². The normalized spacial score (nSPS) is 11.8. The molecular formula is C9H15FN2Si. The van der Waals surface area contributed by atoms with E-state index in [2.05, 4.69) is 0 Å². The maximum absolute atomic E-state index is 13.1. The third-order valence-electron chi connectivity index (χ3n) is 1.94. The molecule has 0 unspecified atom stereocenters. The zero-order valence-corrected chi connectivity index (χ0v) is 9.39. The zero-order valence-electron chi connectivity index (χ0n) is 8.39. The van der Waals surface area contributed by atoms with Crippen LogP contribution in [0.2, 0.25) is 19.1 Å². The second-order valence-electron chi connectivity index (χ2n) is 4.13. The first-order valence-corrected chi connectivity index (χ1v) is 7.43. The van der Waals surface area contributed by atoms with Crippen LogP contribution in [0.3, 0.4) is 0 Å². The first kappa shape index (κ1) is 12.1. The van der Waals surface area contributed by atoms with Crippen LogP contribution in [-0.4, -0.2) is 8.41 Å². The Morgan fingerprint density at radius 2 is 1.77 bits per heavy atom. The second kappa shape index (κ2) is 4.39. The molecule has 0 spiro atoms. The fraction of sp³-hybridized carbons (Fsp3) is 0.778. The highest BCUT2D eigenvalue weighted by Crippen LogP contribution is 2.24. The van der Waals surface area contributed by atoms with Crippen molar-refractivity contribution in [3.63, 3.8) is 0 Å². The Labute approximate surface area is 80.2 Å². The van der Waals surface area contributed by atoms with E-state index in [0.29, 0.717) is 18.9 Å². The number of halogens is 1. The third kappa shape index (κ3) is 5.38. The molecular weight excluding hydrogens is 183 g/mol. The van der Waals surface area contributed by atoms with Crippen molar-refractivity contribution in [2.45, 2.75) is 38.9 Å². The van der Waals surface area contributed by atoms with Crippen LogP contribution in [0.5, 0.6) is 0 Å². The van der Waals surface area contributed by atoms with Gasteiger partial charge in [-0.05, 0) is 32.5 Å². The number of rotatable bonds is 4. The molecule has 13 heavy (non-hydrogen) atoms. The molecule has 0 N–H and O–H groups in total. The first-order valence-electron chi connectivity index (χ1n) is 4.34. The molecule has 72 valence electrons. The molecule has 0 aliphatic carbocycles. The molecule has 0 saturated heterocycles. The highest BCUT2D eigenvalue weighted by Gasteiger charge is 2.26. The lowest BCUT2D eigenvalue weighted by Gasteiger charge is -2.14. The zero-order chi connectivity index (χ0) is 10.5. The molecule has 0 heterocycles. The molecule has 4 heteroatoms. The Hall–Kier alpha value is -0.873. The van der Waals surface area contributed by atoms with Crippen molar-refractivity contribution in [2.24, 2.45) is 5.41 Å². The third-order valence-corrected chi connectivity index (χ3v) is 3.48. The Morgan fingerprint density at radius 1 is 1.31 bits per heavy atom. The summed E-state index contributed by atoms with van der Waals surface area (Å²) in [6, 6.07) is 4.43. The van der Waals surface area contributed by atoms with Gasteiger partial charge in [0.15, 0.2) is 0 Å². The van der Waals surface area contributed by atoms with E-state index in [1.165, 1.54) is 0 Å². The largest absolute Gasteiger partial charge is 0.314 e. The number of hydrogen-bond acceptors (Lipinski definition) is 2. The van der Waals surface area contributed by atoms with Gasteiger partial charge in [0.25, 0.3) is 0 Å². The lowest BCUT2D eigenvalue weighted by Crippen LogP contribution is -2.19. The molecule has 0 fully saturated rings. The van der Waals surface area contributed by atoms with Gasteiger partial charge in [0, 0.05) is 0 Å². The van der Waals surface area contributed by atoms with Crippen molar-refractivity contribution in [3.8, 4) is 12.1 Å². The van der Waals surface area contributed by atoms with Crippen LogP contribution in [0.1, 0.15) is 19.8 Å². The van der Waals surface area contributed by atoms with Crippen LogP contribution in [0, 0.1) is 28.1 Å². The van der Waals surface area contributed by atoms with E-state index >= 15 is 0 Å². The fourth-order valence-electron chi connectivity index (χ4n) is 0.999. The van der Waals surface area contributed by atoms with Gasteiger partial charge in [-0.2, -0.15) is 10.5 Å². The molecule has 0 aliphatic heterocycles. The van der Waals surface area contributed by atoms with Crippen LogP contribution < -0.4 is 0 Å². The van der Waals surface area contributed by atoms with Crippen molar-refractivity contribution in [1.82, 2.24) is 0 Å². The Bertz CT molecular complexity index is 230. The predicted octanol–water partition coefficient (Wildman–Crippen LogP) is 2.99. The van der Waals surface area contributed by atoms with E-state index in [-0.39, 0.29) is 0 Å². The van der Waals surface area contributed by atoms with Crippen molar-refractivity contribution >= 4 is 8.41 Å². The summed E-state index contributed by atoms with van der Waals surface area (Å²) in [5.74, 6) is 0. The molecule has 0 atom stereocenters. The van der Waals surface area contributed by atoms with E-state index in [1.807, 2.05) is 12.1 Å². The average molecular weight is 198 g/mol. The summed E-state index contributed by atoms with van der Waals surface area (Å²) in [6.07, 6.45) is 1.10.